The lowest BCUT2D eigenvalue weighted by Gasteiger charge is -2.26. The van der Waals surface area contributed by atoms with Crippen LogP contribution in [0.1, 0.15) is 35.9 Å². The van der Waals surface area contributed by atoms with Gasteiger partial charge in [-0.2, -0.15) is 0 Å². The number of carbonyl (C=O) groups excluding carboxylic acids is 1. The van der Waals surface area contributed by atoms with Gasteiger partial charge >= 0.3 is 0 Å². The summed E-state index contributed by atoms with van der Waals surface area (Å²) in [6.45, 7) is 3.90. The summed E-state index contributed by atoms with van der Waals surface area (Å²) in [5, 5.41) is 0. The van der Waals surface area contributed by atoms with Crippen molar-refractivity contribution in [2.24, 2.45) is 5.41 Å². The van der Waals surface area contributed by atoms with Gasteiger partial charge in [0.2, 0.25) is 0 Å². The Hall–Kier alpha value is -1.35. The van der Waals surface area contributed by atoms with Crippen molar-refractivity contribution in [1.82, 2.24) is 0 Å². The van der Waals surface area contributed by atoms with Crippen LogP contribution < -0.4 is 4.74 Å². The minimum Gasteiger partial charge on any atom is -0.497 e. The second-order valence-corrected chi connectivity index (χ2v) is 4.98. The highest BCUT2D eigenvalue weighted by Gasteiger charge is 2.58. The molecule has 0 saturated carbocycles. The summed E-state index contributed by atoms with van der Waals surface area (Å²) in [5.41, 5.74) is 1.37. The van der Waals surface area contributed by atoms with Crippen molar-refractivity contribution in [2.75, 3.05) is 7.11 Å². The maximum atomic E-state index is 12.3. The Morgan fingerprint density at radius 1 is 1.38 bits per heavy atom. The molecular formula is C13H14O3. The van der Waals surface area contributed by atoms with Gasteiger partial charge in [-0.05, 0) is 37.6 Å². The molecule has 1 heterocycles. The summed E-state index contributed by atoms with van der Waals surface area (Å²) in [6.07, 6.45) is 0.123. The normalized spacial score (nSPS) is 29.3. The van der Waals surface area contributed by atoms with Crippen molar-refractivity contribution in [2.45, 2.75) is 26.1 Å². The first kappa shape index (κ1) is 9.85. The number of ketones is 1. The number of epoxide rings is 1. The zero-order valence-electron chi connectivity index (χ0n) is 9.61. The number of Topliss-reactive ketones (excluding diaryl/α,β-unsaturated/α-hetero) is 1. The Morgan fingerprint density at radius 3 is 2.81 bits per heavy atom. The van der Waals surface area contributed by atoms with Crippen LogP contribution in [0, 0.1) is 5.41 Å². The van der Waals surface area contributed by atoms with Gasteiger partial charge in [-0.25, -0.2) is 0 Å². The molecule has 0 spiro atoms. The van der Waals surface area contributed by atoms with E-state index in [2.05, 4.69) is 0 Å². The lowest BCUT2D eigenvalue weighted by Crippen LogP contribution is -2.34. The summed E-state index contributed by atoms with van der Waals surface area (Å²) in [6, 6.07) is 5.58. The highest BCUT2D eigenvalue weighted by atomic mass is 16.6. The molecule has 2 atom stereocenters. The average Bonchev–Trinajstić information content (AvgIpc) is 3.06. The third kappa shape index (κ3) is 1.09. The lowest BCUT2D eigenvalue weighted by molar-refractivity contribution is 0.0792. The van der Waals surface area contributed by atoms with Crippen LogP contribution in [0.4, 0.5) is 0 Å². The fourth-order valence-corrected chi connectivity index (χ4v) is 2.48. The van der Waals surface area contributed by atoms with E-state index in [-0.39, 0.29) is 18.0 Å². The fraction of sp³-hybridized carbons (Fsp3) is 0.462. The second-order valence-electron chi connectivity index (χ2n) is 4.98. The first-order chi connectivity index (χ1) is 7.55. The van der Waals surface area contributed by atoms with Crippen LogP contribution in [0.15, 0.2) is 18.2 Å². The van der Waals surface area contributed by atoms with Gasteiger partial charge in [0.05, 0.1) is 12.5 Å². The molecule has 84 valence electrons. The number of benzene rings is 1. The Balaban J connectivity index is 2.15. The van der Waals surface area contributed by atoms with E-state index < -0.39 is 5.41 Å². The molecule has 3 nitrogen and oxygen atoms in total. The number of hydrogen-bond acceptors (Lipinski definition) is 3. The summed E-state index contributed by atoms with van der Waals surface area (Å²) < 4.78 is 10.8. The highest BCUT2D eigenvalue weighted by Crippen LogP contribution is 2.55. The molecule has 1 saturated heterocycles. The van der Waals surface area contributed by atoms with E-state index in [0.29, 0.717) is 0 Å². The molecule has 0 N–H and O–H groups in total. The lowest BCUT2D eigenvalue weighted by atomic mass is 9.73. The molecule has 1 aromatic carbocycles. The van der Waals surface area contributed by atoms with Crippen molar-refractivity contribution in [3.63, 3.8) is 0 Å². The Kier molecular flexibility index (Phi) is 1.76. The molecule has 1 aromatic rings. The van der Waals surface area contributed by atoms with Crippen molar-refractivity contribution in [3.05, 3.63) is 29.3 Å². The first-order valence-electron chi connectivity index (χ1n) is 5.44. The highest BCUT2D eigenvalue weighted by molar-refractivity contribution is 6.03. The largest absolute Gasteiger partial charge is 0.497 e. The van der Waals surface area contributed by atoms with E-state index in [4.69, 9.17) is 9.47 Å². The molecule has 1 aliphatic carbocycles. The minimum atomic E-state index is -0.397. The van der Waals surface area contributed by atoms with Gasteiger partial charge in [-0.15, -0.1) is 0 Å². The van der Waals surface area contributed by atoms with Gasteiger partial charge < -0.3 is 9.47 Å². The van der Waals surface area contributed by atoms with Gasteiger partial charge in [0.1, 0.15) is 18.0 Å². The third-order valence-corrected chi connectivity index (χ3v) is 3.60. The van der Waals surface area contributed by atoms with Crippen LogP contribution in [0.2, 0.25) is 0 Å². The molecule has 2 unspecified atom stereocenters. The maximum Gasteiger partial charge on any atom is 0.171 e. The fourth-order valence-electron chi connectivity index (χ4n) is 2.48. The summed E-state index contributed by atoms with van der Waals surface area (Å²) >= 11 is 0. The average molecular weight is 218 g/mol. The molecule has 3 rings (SSSR count). The smallest absolute Gasteiger partial charge is 0.171 e. The minimum absolute atomic E-state index is 0.0413. The molecule has 2 aliphatic rings. The molecular weight excluding hydrogens is 204 g/mol. The predicted octanol–water partition coefficient (Wildman–Crippen LogP) is 2.36. The molecule has 0 bridgehead atoms. The number of rotatable bonds is 1. The van der Waals surface area contributed by atoms with E-state index in [1.807, 2.05) is 32.0 Å². The predicted molar refractivity (Wildman–Crippen MR) is 58.7 cm³/mol. The van der Waals surface area contributed by atoms with Gasteiger partial charge in [0.15, 0.2) is 5.78 Å². The van der Waals surface area contributed by atoms with E-state index in [1.54, 1.807) is 7.11 Å². The summed E-state index contributed by atoms with van der Waals surface area (Å²) in [5.74, 6) is 0.949. The van der Waals surface area contributed by atoms with Crippen LogP contribution in [0.5, 0.6) is 5.75 Å². The molecule has 0 radical (unpaired) electrons. The molecule has 16 heavy (non-hydrogen) atoms. The van der Waals surface area contributed by atoms with Crippen LogP contribution in [-0.4, -0.2) is 19.0 Å². The number of carbonyl (C=O) groups is 1. The van der Waals surface area contributed by atoms with E-state index in [9.17, 15) is 4.79 Å². The number of methoxy groups -OCH3 is 1. The van der Waals surface area contributed by atoms with Crippen molar-refractivity contribution >= 4 is 5.78 Å². The van der Waals surface area contributed by atoms with Gasteiger partial charge in [0, 0.05) is 5.56 Å². The molecule has 0 amide bonds. The SMILES string of the molecule is COc1ccc2c(c1)C1OC1C(C)(C)C2=O. The zero-order chi connectivity index (χ0) is 11.5. The number of fused-ring (bicyclic) bond motifs is 3. The number of ether oxygens (including phenoxy) is 2. The van der Waals surface area contributed by atoms with Crippen molar-refractivity contribution < 1.29 is 14.3 Å². The monoisotopic (exact) mass is 218 g/mol. The Bertz CT molecular complexity index is 476. The standard InChI is InChI=1S/C13H14O3/c1-13(2)11(14)8-5-4-7(15-3)6-9(8)10-12(13)16-10/h4-6,10,12H,1-3H3. The first-order valence-corrected chi connectivity index (χ1v) is 5.44. The summed E-state index contributed by atoms with van der Waals surface area (Å²) in [4.78, 5) is 12.3. The van der Waals surface area contributed by atoms with Crippen LogP contribution >= 0.6 is 0 Å². The van der Waals surface area contributed by atoms with E-state index in [1.165, 1.54) is 0 Å². The van der Waals surface area contributed by atoms with Crippen LogP contribution in [0.25, 0.3) is 0 Å². The molecule has 1 aliphatic heterocycles. The zero-order valence-corrected chi connectivity index (χ0v) is 9.61. The number of hydrogen-bond donors (Lipinski definition) is 0. The van der Waals surface area contributed by atoms with E-state index in [0.717, 1.165) is 16.9 Å². The molecule has 3 heteroatoms. The van der Waals surface area contributed by atoms with Crippen molar-refractivity contribution in [1.29, 1.82) is 0 Å². The quantitative estimate of drug-likeness (QED) is 0.679. The molecule has 0 aromatic heterocycles. The Morgan fingerprint density at radius 2 is 2.12 bits per heavy atom. The molecule has 1 fully saturated rings. The van der Waals surface area contributed by atoms with Gasteiger partial charge in [0.25, 0.3) is 0 Å². The third-order valence-electron chi connectivity index (χ3n) is 3.60. The maximum absolute atomic E-state index is 12.3. The second kappa shape index (κ2) is 2.86. The topological polar surface area (TPSA) is 38.8 Å². The van der Waals surface area contributed by atoms with Gasteiger partial charge in [-0.3, -0.25) is 4.79 Å². The van der Waals surface area contributed by atoms with Crippen LogP contribution in [-0.2, 0) is 4.74 Å². The summed E-state index contributed by atoms with van der Waals surface area (Å²) in [7, 11) is 1.63. The van der Waals surface area contributed by atoms with Crippen LogP contribution in [0.3, 0.4) is 0 Å². The Labute approximate surface area is 94.4 Å². The van der Waals surface area contributed by atoms with E-state index >= 15 is 0 Å². The van der Waals surface area contributed by atoms with Gasteiger partial charge in [-0.1, -0.05) is 0 Å². The van der Waals surface area contributed by atoms with Crippen molar-refractivity contribution in [3.8, 4) is 5.75 Å².